The minimum atomic E-state index is -4.65. The van der Waals surface area contributed by atoms with E-state index in [1.165, 1.54) is 10.8 Å². The Morgan fingerprint density at radius 1 is 1.00 bits per heavy atom. The van der Waals surface area contributed by atoms with Crippen LogP contribution in [0.4, 0.5) is 0 Å². The molecular formula is C25H39N2O12P. The fourth-order valence-electron chi connectivity index (χ4n) is 3.61. The highest BCUT2D eigenvalue weighted by Gasteiger charge is 2.47. The molecule has 1 aliphatic rings. The Hall–Kier alpha value is -2.80. The molecule has 0 radical (unpaired) electrons. The maximum atomic E-state index is 13.9. The van der Waals surface area contributed by atoms with Crippen LogP contribution < -0.4 is 11.2 Å². The van der Waals surface area contributed by atoms with Crippen LogP contribution in [-0.4, -0.2) is 60.1 Å². The van der Waals surface area contributed by atoms with Gasteiger partial charge < -0.3 is 18.9 Å². The third-order valence-electron chi connectivity index (χ3n) is 5.98. The van der Waals surface area contributed by atoms with Gasteiger partial charge in [0.1, 0.15) is 0 Å². The number of H-pyrrole nitrogens is 1. The first kappa shape index (κ1) is 33.4. The van der Waals surface area contributed by atoms with Crippen LogP contribution in [0.15, 0.2) is 15.8 Å². The fourth-order valence-corrected chi connectivity index (χ4v) is 5.04. The summed E-state index contributed by atoms with van der Waals surface area (Å²) in [5, 5.41) is 0. The average molecular weight is 591 g/mol. The standard InChI is InChI=1S/C25H39N2O12P/c1-15-12-27(23(32)26-18(15)28)16-9-10-17(11-16)39-20(19(29)34-8)40(33,37-13-35-21(30)24(2,3)4)38-14-36-22(31)25(5,6)7/h12,16-17,20H,9-11,13-14H2,1-8H3,(H,26,28,32). The smallest absolute Gasteiger partial charge is 0.376 e. The lowest BCUT2D eigenvalue weighted by Gasteiger charge is -2.28. The number of nitrogens with one attached hydrogen (secondary N) is 1. The molecule has 1 saturated carbocycles. The molecule has 1 aromatic heterocycles. The zero-order valence-corrected chi connectivity index (χ0v) is 25.0. The Morgan fingerprint density at radius 3 is 2.00 bits per heavy atom. The number of ether oxygens (including phenoxy) is 4. The Kier molecular flexibility index (Phi) is 11.1. The van der Waals surface area contributed by atoms with Gasteiger partial charge in [0.25, 0.3) is 11.4 Å². The highest BCUT2D eigenvalue weighted by atomic mass is 31.2. The Bertz CT molecular complexity index is 1200. The van der Waals surface area contributed by atoms with Crippen molar-refractivity contribution in [3.05, 3.63) is 32.6 Å². The molecule has 1 aromatic rings. The SMILES string of the molecule is COC(=O)C(OC1CCC(n2cc(C)c(=O)[nH]c2=O)C1)P(=O)(OCOC(=O)C(C)(C)C)OCOC(=O)C(C)(C)C. The van der Waals surface area contributed by atoms with Crippen LogP contribution in [-0.2, 0) is 46.9 Å². The van der Waals surface area contributed by atoms with Crippen LogP contribution in [0.2, 0.25) is 0 Å². The molecule has 0 amide bonds. The van der Waals surface area contributed by atoms with Crippen LogP contribution >= 0.6 is 7.60 Å². The Balaban J connectivity index is 2.26. The van der Waals surface area contributed by atoms with Gasteiger partial charge in [0, 0.05) is 17.8 Å². The van der Waals surface area contributed by atoms with Gasteiger partial charge in [-0.2, -0.15) is 0 Å². The molecule has 3 unspecified atom stereocenters. The van der Waals surface area contributed by atoms with Gasteiger partial charge in [0.15, 0.2) is 0 Å². The van der Waals surface area contributed by atoms with Gasteiger partial charge >= 0.3 is 31.2 Å². The number of aryl methyl sites for hydroxylation is 1. The maximum Gasteiger partial charge on any atom is 0.376 e. The molecule has 1 N–H and O–H groups in total. The van der Waals surface area contributed by atoms with Gasteiger partial charge in [-0.25, -0.2) is 9.59 Å². The molecule has 14 nitrogen and oxygen atoms in total. The predicted molar refractivity (Wildman–Crippen MR) is 140 cm³/mol. The van der Waals surface area contributed by atoms with E-state index in [0.717, 1.165) is 7.11 Å². The molecule has 1 aliphatic carbocycles. The van der Waals surface area contributed by atoms with E-state index in [-0.39, 0.29) is 12.5 Å². The van der Waals surface area contributed by atoms with Crippen LogP contribution in [0, 0.1) is 17.8 Å². The molecule has 0 saturated heterocycles. The number of hydrogen-bond acceptors (Lipinski definition) is 12. The van der Waals surface area contributed by atoms with Gasteiger partial charge in [-0.15, -0.1) is 0 Å². The molecule has 2 rings (SSSR count). The molecule has 40 heavy (non-hydrogen) atoms. The van der Waals surface area contributed by atoms with Crippen molar-refractivity contribution in [1.82, 2.24) is 9.55 Å². The third kappa shape index (κ3) is 8.85. The van der Waals surface area contributed by atoms with Gasteiger partial charge in [-0.05, 0) is 67.7 Å². The number of aromatic nitrogens is 2. The van der Waals surface area contributed by atoms with Gasteiger partial charge in [-0.3, -0.25) is 37.5 Å². The summed E-state index contributed by atoms with van der Waals surface area (Å²) in [6, 6.07) is -0.381. The Labute approximate surface area is 232 Å². The second-order valence-electron chi connectivity index (χ2n) is 11.5. The van der Waals surface area contributed by atoms with Crippen molar-refractivity contribution in [2.75, 3.05) is 20.7 Å². The molecule has 0 bridgehead atoms. The molecule has 226 valence electrons. The lowest BCUT2D eigenvalue weighted by atomic mass is 9.98. The summed E-state index contributed by atoms with van der Waals surface area (Å²) in [5.74, 6) is -4.38. The minimum absolute atomic E-state index is 0.219. The first-order chi connectivity index (χ1) is 18.4. The summed E-state index contributed by atoms with van der Waals surface area (Å²) in [7, 11) is -3.61. The number of methoxy groups -OCH3 is 1. The zero-order valence-electron chi connectivity index (χ0n) is 24.1. The van der Waals surface area contributed by atoms with Crippen molar-refractivity contribution in [2.45, 2.75) is 85.7 Å². The molecule has 1 heterocycles. The van der Waals surface area contributed by atoms with E-state index in [2.05, 4.69) is 4.98 Å². The van der Waals surface area contributed by atoms with Crippen molar-refractivity contribution >= 4 is 25.5 Å². The first-order valence-electron chi connectivity index (χ1n) is 12.7. The van der Waals surface area contributed by atoms with E-state index in [4.69, 9.17) is 28.0 Å². The van der Waals surface area contributed by atoms with Crippen LogP contribution in [0.25, 0.3) is 0 Å². The van der Waals surface area contributed by atoms with E-state index in [1.807, 2.05) is 0 Å². The molecular weight excluding hydrogens is 551 g/mol. The quantitative estimate of drug-likeness (QED) is 0.173. The van der Waals surface area contributed by atoms with Crippen molar-refractivity contribution in [1.29, 1.82) is 0 Å². The summed E-state index contributed by atoms with van der Waals surface area (Å²) in [6.07, 6.45) is 1.75. The second-order valence-corrected chi connectivity index (χ2v) is 13.5. The Morgan fingerprint density at radius 2 is 1.52 bits per heavy atom. The largest absolute Gasteiger partial charge is 0.467 e. The molecule has 3 atom stereocenters. The lowest BCUT2D eigenvalue weighted by Crippen LogP contribution is -2.34. The van der Waals surface area contributed by atoms with Crippen LogP contribution in [0.1, 0.15) is 72.4 Å². The molecule has 0 spiro atoms. The number of esters is 3. The number of carbonyl (C=O) groups is 3. The molecule has 0 aliphatic heterocycles. The fraction of sp³-hybridized carbons (Fsp3) is 0.720. The topological polar surface area (TPSA) is 179 Å². The van der Waals surface area contributed by atoms with Gasteiger partial charge in [0.05, 0.1) is 24.0 Å². The molecule has 1 fully saturated rings. The summed E-state index contributed by atoms with van der Waals surface area (Å²) in [4.78, 5) is 63.4. The summed E-state index contributed by atoms with van der Waals surface area (Å²) in [5.41, 5.74) is -2.54. The predicted octanol–water partition coefficient (Wildman–Crippen LogP) is 2.77. The normalized spacial score (nSPS) is 18.7. The van der Waals surface area contributed by atoms with Crippen molar-refractivity contribution in [3.8, 4) is 0 Å². The van der Waals surface area contributed by atoms with Crippen LogP contribution in [0.5, 0.6) is 0 Å². The van der Waals surface area contributed by atoms with Crippen molar-refractivity contribution in [2.24, 2.45) is 10.8 Å². The summed E-state index contributed by atoms with van der Waals surface area (Å²) < 4.78 is 46.6. The van der Waals surface area contributed by atoms with Crippen molar-refractivity contribution < 1.29 is 46.9 Å². The zero-order chi connectivity index (χ0) is 30.5. The third-order valence-corrected chi connectivity index (χ3v) is 7.82. The number of aromatic amines is 1. The minimum Gasteiger partial charge on any atom is -0.467 e. The second kappa shape index (κ2) is 13.2. The number of rotatable bonds is 11. The summed E-state index contributed by atoms with van der Waals surface area (Å²) in [6.45, 7) is 9.47. The number of nitrogens with zero attached hydrogens (tertiary/aromatic N) is 1. The monoisotopic (exact) mass is 590 g/mol. The maximum absolute atomic E-state index is 13.9. The van der Waals surface area contributed by atoms with Gasteiger partial charge in [0.2, 0.25) is 13.6 Å². The van der Waals surface area contributed by atoms with Crippen LogP contribution in [0.3, 0.4) is 0 Å². The molecule has 15 heteroatoms. The highest BCUT2D eigenvalue weighted by Crippen LogP contribution is 2.55. The van der Waals surface area contributed by atoms with Gasteiger partial charge in [-0.1, -0.05) is 0 Å². The van der Waals surface area contributed by atoms with E-state index < -0.39 is 73.1 Å². The average Bonchev–Trinajstić information content (AvgIpc) is 3.31. The van der Waals surface area contributed by atoms with E-state index in [9.17, 15) is 28.5 Å². The van der Waals surface area contributed by atoms with E-state index in [0.29, 0.717) is 18.4 Å². The first-order valence-corrected chi connectivity index (χ1v) is 14.3. The highest BCUT2D eigenvalue weighted by molar-refractivity contribution is 7.55. The lowest BCUT2D eigenvalue weighted by molar-refractivity contribution is -0.164. The van der Waals surface area contributed by atoms with E-state index >= 15 is 0 Å². The number of carbonyl (C=O) groups excluding carboxylic acids is 3. The van der Waals surface area contributed by atoms with Crippen molar-refractivity contribution in [3.63, 3.8) is 0 Å². The molecule has 0 aromatic carbocycles. The summed E-state index contributed by atoms with van der Waals surface area (Å²) >= 11 is 0. The number of hydrogen-bond donors (Lipinski definition) is 1. The van der Waals surface area contributed by atoms with E-state index in [1.54, 1.807) is 48.5 Å².